The van der Waals surface area contributed by atoms with Crippen molar-refractivity contribution in [2.75, 3.05) is 26.4 Å². The smallest absolute Gasteiger partial charge is 0.462 e. The predicted molar refractivity (Wildman–Crippen MR) is 307 cm³/mol. The van der Waals surface area contributed by atoms with E-state index >= 15 is 0 Å². The van der Waals surface area contributed by atoms with Gasteiger partial charge >= 0.3 is 25.7 Å². The number of hydrogen-bond donors (Lipinski definition) is 2. The molecule has 0 aliphatic rings. The normalized spacial score (nSPS) is 14.0. The van der Waals surface area contributed by atoms with E-state index in [4.69, 9.17) is 23.3 Å². The molecule has 0 aromatic heterocycles. The number of carbonyl (C=O) groups excluding carboxylic acids is 3. The van der Waals surface area contributed by atoms with Gasteiger partial charge in [-0.2, -0.15) is 0 Å². The summed E-state index contributed by atoms with van der Waals surface area (Å²) < 4.78 is 39.5. The molecule has 0 aromatic rings. The molecule has 2 N–H and O–H groups in total. The standard InChI is InChI=1S/C62H107O11P/c1-4-7-10-13-16-19-22-25-28-29-32-33-36-39-42-45-48-51-60(64)69-55-59(73-62(66)53-50-47-44-41-38-35-31-27-24-21-18-15-12-9-6-3)57-71-74(67,68)70-56-58(54-63)72-61(65)52-49-46-43-40-37-34-30-26-23-20-17-14-11-8-5-2/h8-9,11-12,17-18,20-21,25-28,30-31,58-59,63H,4-7,10,13-16,19,22-24,29,32-57H2,1-3H3,(H,67,68)/b11-8-,12-9-,20-17-,21-18-,28-25-,30-26-,31-27-. The number of allylic oxidation sites excluding steroid dienone is 14. The Labute approximate surface area is 451 Å². The zero-order valence-electron chi connectivity index (χ0n) is 47.0. The highest BCUT2D eigenvalue weighted by atomic mass is 31.2. The Kier molecular flexibility index (Phi) is 53.4. The van der Waals surface area contributed by atoms with Crippen LogP contribution < -0.4 is 0 Å². The molecule has 3 unspecified atom stereocenters. The summed E-state index contributed by atoms with van der Waals surface area (Å²) in [5.41, 5.74) is 0. The van der Waals surface area contributed by atoms with Crippen LogP contribution >= 0.6 is 7.82 Å². The van der Waals surface area contributed by atoms with E-state index in [1.165, 1.54) is 64.2 Å². The largest absolute Gasteiger partial charge is 0.472 e. The molecule has 74 heavy (non-hydrogen) atoms. The van der Waals surface area contributed by atoms with E-state index in [-0.39, 0.29) is 25.9 Å². The van der Waals surface area contributed by atoms with Crippen molar-refractivity contribution in [2.45, 2.75) is 264 Å². The molecule has 0 saturated heterocycles. The Hall–Kier alpha value is -3.34. The Morgan fingerprint density at radius 2 is 0.703 bits per heavy atom. The number of phosphoric ester groups is 1. The van der Waals surface area contributed by atoms with Crippen molar-refractivity contribution in [3.63, 3.8) is 0 Å². The second-order valence-corrected chi connectivity index (χ2v) is 20.8. The highest BCUT2D eigenvalue weighted by Gasteiger charge is 2.28. The van der Waals surface area contributed by atoms with Crippen LogP contribution in [0.4, 0.5) is 0 Å². The quantitative estimate of drug-likeness (QED) is 0.0197. The Balaban J connectivity index is 4.75. The third kappa shape index (κ3) is 53.5. The van der Waals surface area contributed by atoms with Crippen LogP contribution in [0.1, 0.15) is 252 Å². The number of esters is 3. The fourth-order valence-electron chi connectivity index (χ4n) is 7.85. The van der Waals surface area contributed by atoms with Crippen molar-refractivity contribution in [3.05, 3.63) is 85.1 Å². The summed E-state index contributed by atoms with van der Waals surface area (Å²) in [6.45, 7) is 4.38. The molecule has 12 heteroatoms. The molecule has 0 amide bonds. The topological polar surface area (TPSA) is 155 Å². The van der Waals surface area contributed by atoms with Crippen LogP contribution in [-0.2, 0) is 42.2 Å². The van der Waals surface area contributed by atoms with E-state index < -0.39 is 57.8 Å². The maximum atomic E-state index is 12.9. The van der Waals surface area contributed by atoms with Crippen LogP contribution in [0.5, 0.6) is 0 Å². The molecule has 426 valence electrons. The molecule has 0 spiro atoms. The zero-order chi connectivity index (χ0) is 54.1. The first-order valence-electron chi connectivity index (χ1n) is 29.5. The lowest BCUT2D eigenvalue weighted by Gasteiger charge is -2.21. The molecule has 0 saturated carbocycles. The number of phosphoric acid groups is 1. The minimum Gasteiger partial charge on any atom is -0.462 e. The first kappa shape index (κ1) is 70.7. The molecular weight excluding hydrogens is 952 g/mol. The van der Waals surface area contributed by atoms with Gasteiger partial charge in [-0.05, 0) is 109 Å². The van der Waals surface area contributed by atoms with Crippen LogP contribution in [0.15, 0.2) is 85.1 Å². The summed E-state index contributed by atoms with van der Waals surface area (Å²) >= 11 is 0. The van der Waals surface area contributed by atoms with E-state index in [0.717, 1.165) is 128 Å². The van der Waals surface area contributed by atoms with Crippen molar-refractivity contribution in [3.8, 4) is 0 Å². The van der Waals surface area contributed by atoms with Crippen molar-refractivity contribution in [1.82, 2.24) is 0 Å². The maximum absolute atomic E-state index is 12.9. The minimum absolute atomic E-state index is 0.144. The molecule has 0 aliphatic heterocycles. The van der Waals surface area contributed by atoms with E-state index in [0.29, 0.717) is 19.3 Å². The van der Waals surface area contributed by atoms with Gasteiger partial charge in [0.25, 0.3) is 0 Å². The van der Waals surface area contributed by atoms with E-state index in [1.807, 2.05) is 0 Å². The SMILES string of the molecule is CC/C=C\C/C=C\C/C=C\CCCCCCCC(=O)OC(CO)COP(=O)(O)OCC(COC(=O)CCCCCCCCC/C=C\CCCCCCCC)OC(=O)CCCCCCC/C=C\C/C=C\C/C=C\CC. The monoisotopic (exact) mass is 1060 g/mol. The highest BCUT2D eigenvalue weighted by molar-refractivity contribution is 7.47. The zero-order valence-corrected chi connectivity index (χ0v) is 47.9. The number of aliphatic hydroxyl groups excluding tert-OH is 1. The predicted octanol–water partition coefficient (Wildman–Crippen LogP) is 17.5. The molecule has 0 radical (unpaired) electrons. The summed E-state index contributed by atoms with van der Waals surface area (Å²) in [6, 6.07) is 0. The lowest BCUT2D eigenvalue weighted by Crippen LogP contribution is -2.30. The summed E-state index contributed by atoms with van der Waals surface area (Å²) in [7, 11) is -4.76. The van der Waals surface area contributed by atoms with Crippen LogP contribution in [0, 0.1) is 0 Å². The van der Waals surface area contributed by atoms with Gasteiger partial charge in [0.1, 0.15) is 12.7 Å². The van der Waals surface area contributed by atoms with Gasteiger partial charge in [0.05, 0.1) is 19.8 Å². The van der Waals surface area contributed by atoms with Gasteiger partial charge in [-0.25, -0.2) is 4.57 Å². The minimum atomic E-state index is -4.76. The first-order chi connectivity index (χ1) is 36.2. The van der Waals surface area contributed by atoms with Crippen LogP contribution in [0.2, 0.25) is 0 Å². The summed E-state index contributed by atoms with van der Waals surface area (Å²) in [5.74, 6) is -1.51. The number of rotatable bonds is 54. The number of ether oxygens (including phenoxy) is 3. The highest BCUT2D eigenvalue weighted by Crippen LogP contribution is 2.43. The lowest BCUT2D eigenvalue weighted by molar-refractivity contribution is -0.161. The second kappa shape index (κ2) is 55.9. The second-order valence-electron chi connectivity index (χ2n) is 19.4. The lowest BCUT2D eigenvalue weighted by atomic mass is 10.1. The number of carbonyl (C=O) groups is 3. The van der Waals surface area contributed by atoms with Gasteiger partial charge in [0.15, 0.2) is 6.10 Å². The van der Waals surface area contributed by atoms with Gasteiger partial charge < -0.3 is 24.2 Å². The number of unbranched alkanes of at least 4 members (excludes halogenated alkanes) is 23. The third-order valence-electron chi connectivity index (χ3n) is 12.3. The van der Waals surface area contributed by atoms with Gasteiger partial charge in [-0.3, -0.25) is 23.4 Å². The summed E-state index contributed by atoms with van der Waals surface area (Å²) in [4.78, 5) is 48.6. The fourth-order valence-corrected chi connectivity index (χ4v) is 8.63. The maximum Gasteiger partial charge on any atom is 0.472 e. The molecule has 0 bridgehead atoms. The van der Waals surface area contributed by atoms with Crippen molar-refractivity contribution in [2.24, 2.45) is 0 Å². The summed E-state index contributed by atoms with van der Waals surface area (Å²) in [5, 5.41) is 9.82. The van der Waals surface area contributed by atoms with Gasteiger partial charge in [0.2, 0.25) is 0 Å². The fraction of sp³-hybridized carbons (Fsp3) is 0.726. The Morgan fingerprint density at radius 1 is 0.392 bits per heavy atom. The molecule has 0 heterocycles. The van der Waals surface area contributed by atoms with Crippen LogP contribution in [0.25, 0.3) is 0 Å². The molecule has 0 fully saturated rings. The Morgan fingerprint density at radius 3 is 1.09 bits per heavy atom. The molecule has 3 atom stereocenters. The van der Waals surface area contributed by atoms with Gasteiger partial charge in [0, 0.05) is 19.3 Å². The number of hydrogen-bond acceptors (Lipinski definition) is 10. The summed E-state index contributed by atoms with van der Waals surface area (Å²) in [6.07, 6.45) is 63.9. The molecular formula is C62H107O11P. The van der Waals surface area contributed by atoms with Gasteiger partial charge in [-0.15, -0.1) is 0 Å². The molecule has 0 aliphatic carbocycles. The number of aliphatic hydroxyl groups is 1. The van der Waals surface area contributed by atoms with Crippen molar-refractivity contribution < 1.29 is 52.2 Å². The third-order valence-corrected chi connectivity index (χ3v) is 13.2. The average Bonchev–Trinajstić information content (AvgIpc) is 3.39. The van der Waals surface area contributed by atoms with Crippen LogP contribution in [0.3, 0.4) is 0 Å². The van der Waals surface area contributed by atoms with Crippen LogP contribution in [-0.4, -0.2) is 66.5 Å². The van der Waals surface area contributed by atoms with Crippen molar-refractivity contribution >= 4 is 25.7 Å². The van der Waals surface area contributed by atoms with Crippen molar-refractivity contribution in [1.29, 1.82) is 0 Å². The first-order valence-corrected chi connectivity index (χ1v) is 31.0. The molecule has 11 nitrogen and oxygen atoms in total. The van der Waals surface area contributed by atoms with E-state index in [2.05, 4.69) is 106 Å². The van der Waals surface area contributed by atoms with Gasteiger partial charge in [-0.1, -0.05) is 209 Å². The van der Waals surface area contributed by atoms with E-state index in [1.54, 1.807) is 0 Å². The molecule has 0 aromatic carbocycles. The van der Waals surface area contributed by atoms with E-state index in [9.17, 15) is 28.9 Å². The average molecular weight is 1060 g/mol. The Bertz CT molecular complexity index is 1560. The molecule has 0 rings (SSSR count).